The van der Waals surface area contributed by atoms with Crippen LogP contribution in [0.25, 0.3) is 38.9 Å². The van der Waals surface area contributed by atoms with E-state index < -0.39 is 0 Å². The standard InChI is InChI=1S/C29H30N6O/c1-29(2,20-34-14-4-3-5-15-34)36-22-11-12-26(31-17-22)21-16-32-28-25(18-33-35(28)19-21)23-8-6-10-27-24(23)9-7-13-30-27/h6-13,16-19H,3-5,14-15,20H2,1-2H3. The molecule has 1 aliphatic rings. The summed E-state index contributed by atoms with van der Waals surface area (Å²) in [5.41, 5.74) is 5.26. The maximum Gasteiger partial charge on any atom is 0.162 e. The number of piperidine rings is 1. The molecule has 1 saturated heterocycles. The highest BCUT2D eigenvalue weighted by Gasteiger charge is 2.25. The van der Waals surface area contributed by atoms with Crippen LogP contribution in [0.3, 0.4) is 0 Å². The molecule has 5 aromatic rings. The quantitative estimate of drug-likeness (QED) is 0.314. The van der Waals surface area contributed by atoms with Gasteiger partial charge >= 0.3 is 0 Å². The Bertz CT molecular complexity index is 1500. The van der Waals surface area contributed by atoms with E-state index in [-0.39, 0.29) is 5.60 Å². The molecule has 0 bridgehead atoms. The molecule has 1 fully saturated rings. The third-order valence-electron chi connectivity index (χ3n) is 6.77. The highest BCUT2D eigenvalue weighted by atomic mass is 16.5. The van der Waals surface area contributed by atoms with Crippen molar-refractivity contribution in [2.24, 2.45) is 0 Å². The monoisotopic (exact) mass is 478 g/mol. The van der Waals surface area contributed by atoms with Crippen molar-refractivity contribution in [3.8, 4) is 28.1 Å². The van der Waals surface area contributed by atoms with Crippen LogP contribution in [0.1, 0.15) is 33.1 Å². The van der Waals surface area contributed by atoms with E-state index in [2.05, 4.69) is 45.9 Å². The SMILES string of the molecule is CC(C)(CN1CCCCC1)Oc1ccc(-c2cnc3c(-c4cccc5ncccc45)cnn3c2)nc1. The van der Waals surface area contributed by atoms with Crippen molar-refractivity contribution in [2.45, 2.75) is 38.7 Å². The Hall–Kier alpha value is -3.84. The number of nitrogens with zero attached hydrogens (tertiary/aromatic N) is 6. The van der Waals surface area contributed by atoms with E-state index in [1.165, 1.54) is 19.3 Å². The van der Waals surface area contributed by atoms with Gasteiger partial charge in [-0.25, -0.2) is 9.50 Å². The lowest BCUT2D eigenvalue weighted by Crippen LogP contribution is -2.44. The van der Waals surface area contributed by atoms with E-state index in [1.807, 2.05) is 59.6 Å². The minimum atomic E-state index is -0.274. The van der Waals surface area contributed by atoms with Gasteiger partial charge in [-0.1, -0.05) is 24.6 Å². The van der Waals surface area contributed by atoms with Crippen LogP contribution in [-0.4, -0.2) is 54.7 Å². The highest BCUT2D eigenvalue weighted by molar-refractivity contribution is 5.97. The van der Waals surface area contributed by atoms with E-state index in [0.717, 1.165) is 64.3 Å². The smallest absolute Gasteiger partial charge is 0.162 e. The Kier molecular flexibility index (Phi) is 5.85. The summed E-state index contributed by atoms with van der Waals surface area (Å²) in [5.74, 6) is 0.778. The van der Waals surface area contributed by atoms with Gasteiger partial charge < -0.3 is 4.74 Å². The average molecular weight is 479 g/mol. The van der Waals surface area contributed by atoms with Gasteiger partial charge in [0.25, 0.3) is 0 Å². The fourth-order valence-corrected chi connectivity index (χ4v) is 5.15. The Morgan fingerprint density at radius 3 is 2.58 bits per heavy atom. The molecule has 0 atom stereocenters. The number of aromatic nitrogens is 5. The van der Waals surface area contributed by atoms with Crippen molar-refractivity contribution >= 4 is 16.6 Å². The second-order valence-electron chi connectivity index (χ2n) is 10.1. The van der Waals surface area contributed by atoms with Crippen molar-refractivity contribution in [3.05, 3.63) is 73.4 Å². The molecule has 182 valence electrons. The Morgan fingerprint density at radius 1 is 0.861 bits per heavy atom. The van der Waals surface area contributed by atoms with Crippen molar-refractivity contribution < 1.29 is 4.74 Å². The van der Waals surface area contributed by atoms with E-state index in [1.54, 1.807) is 6.20 Å². The predicted molar refractivity (Wildman–Crippen MR) is 142 cm³/mol. The third kappa shape index (κ3) is 4.54. The Balaban J connectivity index is 1.22. The molecule has 5 heterocycles. The first-order chi connectivity index (χ1) is 17.6. The fourth-order valence-electron chi connectivity index (χ4n) is 5.15. The minimum Gasteiger partial charge on any atom is -0.485 e. The lowest BCUT2D eigenvalue weighted by molar-refractivity contribution is 0.0517. The molecule has 6 rings (SSSR count). The zero-order valence-corrected chi connectivity index (χ0v) is 20.8. The number of likely N-dealkylation sites (tertiary alicyclic amines) is 1. The number of hydrogen-bond donors (Lipinski definition) is 0. The molecule has 7 nitrogen and oxygen atoms in total. The largest absolute Gasteiger partial charge is 0.485 e. The summed E-state index contributed by atoms with van der Waals surface area (Å²) in [6, 6.07) is 14.1. The van der Waals surface area contributed by atoms with E-state index >= 15 is 0 Å². The van der Waals surface area contributed by atoms with Gasteiger partial charge in [0.1, 0.15) is 11.4 Å². The summed E-state index contributed by atoms with van der Waals surface area (Å²) >= 11 is 0. The third-order valence-corrected chi connectivity index (χ3v) is 6.77. The Labute approximate surface area is 210 Å². The lowest BCUT2D eigenvalue weighted by atomic mass is 10.0. The molecule has 0 saturated carbocycles. The van der Waals surface area contributed by atoms with Gasteiger partial charge in [-0.15, -0.1) is 0 Å². The van der Waals surface area contributed by atoms with E-state index in [4.69, 9.17) is 9.72 Å². The van der Waals surface area contributed by atoms with Gasteiger partial charge in [0.2, 0.25) is 0 Å². The molecule has 36 heavy (non-hydrogen) atoms. The molecule has 1 aliphatic heterocycles. The molecule has 7 heteroatoms. The zero-order chi connectivity index (χ0) is 24.5. The first-order valence-corrected chi connectivity index (χ1v) is 12.6. The molecule has 0 amide bonds. The van der Waals surface area contributed by atoms with Crippen LogP contribution < -0.4 is 4.74 Å². The zero-order valence-electron chi connectivity index (χ0n) is 20.8. The number of pyridine rings is 2. The van der Waals surface area contributed by atoms with Gasteiger partial charge in [-0.2, -0.15) is 5.10 Å². The summed E-state index contributed by atoms with van der Waals surface area (Å²) in [6.45, 7) is 7.53. The summed E-state index contributed by atoms with van der Waals surface area (Å²) in [7, 11) is 0. The molecule has 0 N–H and O–H groups in total. The summed E-state index contributed by atoms with van der Waals surface area (Å²) in [4.78, 5) is 16.4. The molecule has 0 unspecified atom stereocenters. The van der Waals surface area contributed by atoms with Crippen molar-refractivity contribution in [1.82, 2.24) is 29.5 Å². The van der Waals surface area contributed by atoms with Crippen LogP contribution in [0.15, 0.2) is 73.4 Å². The predicted octanol–water partition coefficient (Wildman–Crippen LogP) is 5.65. The fraction of sp³-hybridized carbons (Fsp3) is 0.310. The van der Waals surface area contributed by atoms with Crippen LogP contribution in [0, 0.1) is 0 Å². The van der Waals surface area contributed by atoms with Crippen molar-refractivity contribution in [1.29, 1.82) is 0 Å². The van der Waals surface area contributed by atoms with E-state index in [9.17, 15) is 0 Å². The lowest BCUT2D eigenvalue weighted by Gasteiger charge is -2.35. The molecular weight excluding hydrogens is 448 g/mol. The van der Waals surface area contributed by atoms with Crippen molar-refractivity contribution in [2.75, 3.05) is 19.6 Å². The summed E-state index contributed by atoms with van der Waals surface area (Å²) in [5, 5.41) is 5.67. The van der Waals surface area contributed by atoms with Crippen LogP contribution >= 0.6 is 0 Å². The molecule has 0 spiro atoms. The molecule has 4 aromatic heterocycles. The molecule has 1 aromatic carbocycles. The number of rotatable bonds is 6. The first-order valence-electron chi connectivity index (χ1n) is 12.6. The Morgan fingerprint density at radius 2 is 1.75 bits per heavy atom. The number of ether oxygens (including phenoxy) is 1. The number of hydrogen-bond acceptors (Lipinski definition) is 6. The normalized spacial score (nSPS) is 14.9. The van der Waals surface area contributed by atoms with Crippen LogP contribution in [0.4, 0.5) is 0 Å². The maximum absolute atomic E-state index is 6.31. The molecular formula is C29H30N6O. The summed E-state index contributed by atoms with van der Waals surface area (Å²) < 4.78 is 8.12. The van der Waals surface area contributed by atoms with Crippen LogP contribution in [0.5, 0.6) is 5.75 Å². The van der Waals surface area contributed by atoms with Gasteiger partial charge in [-0.3, -0.25) is 14.9 Å². The highest BCUT2D eigenvalue weighted by Crippen LogP contribution is 2.31. The van der Waals surface area contributed by atoms with Gasteiger partial charge in [0.15, 0.2) is 5.65 Å². The second-order valence-corrected chi connectivity index (χ2v) is 10.1. The van der Waals surface area contributed by atoms with Gasteiger partial charge in [-0.05, 0) is 69.6 Å². The maximum atomic E-state index is 6.31. The number of fused-ring (bicyclic) bond motifs is 2. The number of benzene rings is 1. The topological polar surface area (TPSA) is 68.4 Å². The van der Waals surface area contributed by atoms with Crippen LogP contribution in [0.2, 0.25) is 0 Å². The second kappa shape index (κ2) is 9.32. The molecule has 0 aliphatic carbocycles. The average Bonchev–Trinajstić information content (AvgIpc) is 3.32. The first kappa shape index (κ1) is 22.6. The van der Waals surface area contributed by atoms with Gasteiger partial charge in [0, 0.05) is 41.6 Å². The minimum absolute atomic E-state index is 0.274. The van der Waals surface area contributed by atoms with Crippen molar-refractivity contribution in [3.63, 3.8) is 0 Å². The molecule has 0 radical (unpaired) electrons. The van der Waals surface area contributed by atoms with Crippen LogP contribution in [-0.2, 0) is 0 Å². The summed E-state index contributed by atoms with van der Waals surface area (Å²) in [6.07, 6.45) is 13.2. The van der Waals surface area contributed by atoms with E-state index in [0.29, 0.717) is 0 Å². The van der Waals surface area contributed by atoms with Gasteiger partial charge in [0.05, 0.1) is 23.6 Å².